The summed E-state index contributed by atoms with van der Waals surface area (Å²) in [5, 5.41) is 10.3. The van der Waals surface area contributed by atoms with Gasteiger partial charge >= 0.3 is 0 Å². The first kappa shape index (κ1) is 7.81. The van der Waals surface area contributed by atoms with Crippen molar-refractivity contribution in [2.75, 3.05) is 0 Å². The molecule has 1 rings (SSSR count). The number of H-pyrrole nitrogens is 1. The smallest absolute Gasteiger partial charge is 0.236 e. The van der Waals surface area contributed by atoms with Crippen LogP contribution in [0.3, 0.4) is 0 Å². The first-order valence-electron chi connectivity index (χ1n) is 2.85. The summed E-state index contributed by atoms with van der Waals surface area (Å²) in [7, 11) is 0. The van der Waals surface area contributed by atoms with Gasteiger partial charge in [-0.2, -0.15) is 0 Å². The molecule has 0 radical (unpaired) electrons. The lowest BCUT2D eigenvalue weighted by molar-refractivity contribution is -0.401. The van der Waals surface area contributed by atoms with Crippen LogP contribution in [0.4, 0.5) is 0 Å². The Labute approximate surface area is 67.6 Å². The zero-order chi connectivity index (χ0) is 8.27. The summed E-state index contributed by atoms with van der Waals surface area (Å²) >= 11 is 5.52. The van der Waals surface area contributed by atoms with E-state index in [0.29, 0.717) is 10.8 Å². The fourth-order valence-electron chi connectivity index (χ4n) is 0.623. The van der Waals surface area contributed by atoms with Gasteiger partial charge in [0.2, 0.25) is 6.20 Å². The summed E-state index contributed by atoms with van der Waals surface area (Å²) < 4.78 is 0. The molecule has 0 unspecified atom stereocenters. The second kappa shape index (κ2) is 3.21. The summed E-state index contributed by atoms with van der Waals surface area (Å²) in [6, 6.07) is 3.28. The van der Waals surface area contributed by atoms with E-state index in [4.69, 9.17) is 11.6 Å². The summed E-state index contributed by atoms with van der Waals surface area (Å²) in [5.41, 5.74) is 0.617. The van der Waals surface area contributed by atoms with E-state index in [-0.39, 0.29) is 0 Å². The lowest BCUT2D eigenvalue weighted by Crippen LogP contribution is -1.81. The van der Waals surface area contributed by atoms with Crippen LogP contribution in [0.5, 0.6) is 0 Å². The first-order chi connectivity index (χ1) is 5.18. The second-order valence-corrected chi connectivity index (χ2v) is 2.27. The van der Waals surface area contributed by atoms with E-state index in [2.05, 4.69) is 4.98 Å². The molecule has 0 aliphatic rings. The normalized spacial score (nSPS) is 10.6. The van der Waals surface area contributed by atoms with Crippen molar-refractivity contribution >= 4 is 17.7 Å². The predicted molar refractivity (Wildman–Crippen MR) is 41.8 cm³/mol. The van der Waals surface area contributed by atoms with E-state index in [1.165, 1.54) is 6.08 Å². The lowest BCUT2D eigenvalue weighted by atomic mass is 10.4. The van der Waals surface area contributed by atoms with E-state index >= 15 is 0 Å². The highest BCUT2D eigenvalue weighted by Crippen LogP contribution is 2.08. The van der Waals surface area contributed by atoms with Crippen LogP contribution in [0, 0.1) is 10.1 Å². The Bertz CT molecular complexity index is 293. The Kier molecular flexibility index (Phi) is 2.28. The van der Waals surface area contributed by atoms with Gasteiger partial charge in [-0.05, 0) is 12.1 Å². The summed E-state index contributed by atoms with van der Waals surface area (Å²) in [5.74, 6) is 0. The van der Waals surface area contributed by atoms with Crippen LogP contribution < -0.4 is 0 Å². The third kappa shape index (κ3) is 2.43. The molecule has 5 heteroatoms. The molecule has 1 heterocycles. The summed E-state index contributed by atoms with van der Waals surface area (Å²) in [6.07, 6.45) is 2.19. The van der Waals surface area contributed by atoms with E-state index in [1.54, 1.807) is 12.1 Å². The number of hydrogen-bond acceptors (Lipinski definition) is 2. The predicted octanol–water partition coefficient (Wildman–Crippen LogP) is 1.92. The van der Waals surface area contributed by atoms with Gasteiger partial charge in [0.25, 0.3) is 0 Å². The fraction of sp³-hybridized carbons (Fsp3) is 0. The van der Waals surface area contributed by atoms with Gasteiger partial charge in [-0.15, -0.1) is 0 Å². The first-order valence-corrected chi connectivity index (χ1v) is 3.22. The molecule has 11 heavy (non-hydrogen) atoms. The Morgan fingerprint density at radius 2 is 2.36 bits per heavy atom. The molecule has 4 nitrogen and oxygen atoms in total. The number of nitro groups is 1. The van der Waals surface area contributed by atoms with Crippen molar-refractivity contribution in [2.45, 2.75) is 0 Å². The number of hydrogen-bond donors (Lipinski definition) is 1. The Hall–Kier alpha value is -1.29. The molecule has 0 aliphatic carbocycles. The van der Waals surface area contributed by atoms with Crippen LogP contribution in [-0.2, 0) is 0 Å². The maximum Gasteiger partial charge on any atom is 0.236 e. The van der Waals surface area contributed by atoms with Gasteiger partial charge in [-0.25, -0.2) is 0 Å². The lowest BCUT2D eigenvalue weighted by Gasteiger charge is -1.80. The molecule has 1 aromatic heterocycles. The van der Waals surface area contributed by atoms with Crippen molar-refractivity contribution in [3.8, 4) is 0 Å². The van der Waals surface area contributed by atoms with Crippen molar-refractivity contribution < 1.29 is 4.92 Å². The summed E-state index contributed by atoms with van der Waals surface area (Å²) in [4.78, 5) is 12.0. The minimum Gasteiger partial charge on any atom is -0.346 e. The van der Waals surface area contributed by atoms with E-state index in [0.717, 1.165) is 6.20 Å². The molecule has 0 bridgehead atoms. The Morgan fingerprint density at radius 3 is 2.82 bits per heavy atom. The molecule has 0 amide bonds. The second-order valence-electron chi connectivity index (χ2n) is 1.86. The monoisotopic (exact) mass is 172 g/mol. The largest absolute Gasteiger partial charge is 0.346 e. The number of nitrogens with one attached hydrogen (secondary N) is 1. The number of halogens is 1. The molecule has 1 N–H and O–H groups in total. The Morgan fingerprint density at radius 1 is 1.64 bits per heavy atom. The van der Waals surface area contributed by atoms with Crippen molar-refractivity contribution in [2.24, 2.45) is 0 Å². The average molecular weight is 173 g/mol. The zero-order valence-corrected chi connectivity index (χ0v) is 6.21. The van der Waals surface area contributed by atoms with Crippen LogP contribution in [0.2, 0.25) is 5.15 Å². The number of nitrogens with zero attached hydrogens (tertiary/aromatic N) is 1. The van der Waals surface area contributed by atoms with Crippen LogP contribution in [0.25, 0.3) is 6.08 Å². The van der Waals surface area contributed by atoms with Gasteiger partial charge in [-0.1, -0.05) is 11.6 Å². The quantitative estimate of drug-likeness (QED) is 0.547. The van der Waals surface area contributed by atoms with Crippen LogP contribution >= 0.6 is 11.6 Å². The highest BCUT2D eigenvalue weighted by Gasteiger charge is 1.92. The van der Waals surface area contributed by atoms with Gasteiger partial charge in [-0.3, -0.25) is 10.1 Å². The molecule has 1 aromatic rings. The third-order valence-electron chi connectivity index (χ3n) is 1.05. The molecule has 0 fully saturated rings. The minimum atomic E-state index is -0.533. The van der Waals surface area contributed by atoms with Gasteiger partial charge < -0.3 is 4.98 Å². The maximum absolute atomic E-state index is 9.85. The minimum absolute atomic E-state index is 0.466. The topological polar surface area (TPSA) is 58.9 Å². The number of aromatic nitrogens is 1. The molecule has 0 spiro atoms. The maximum atomic E-state index is 9.85. The molecule has 0 atom stereocenters. The number of rotatable bonds is 2. The standard InChI is InChI=1S/C6H5ClN2O2/c7-6-2-1-5(8-6)3-4-9(10)11/h1-4,8H/b4-3+. The van der Waals surface area contributed by atoms with Gasteiger partial charge in [0, 0.05) is 11.8 Å². The molecular weight excluding hydrogens is 168 g/mol. The van der Waals surface area contributed by atoms with E-state index in [9.17, 15) is 10.1 Å². The Balaban J connectivity index is 2.71. The van der Waals surface area contributed by atoms with Gasteiger partial charge in [0.05, 0.1) is 4.92 Å². The molecule has 0 aliphatic heterocycles. The van der Waals surface area contributed by atoms with E-state index < -0.39 is 4.92 Å². The fourth-order valence-corrected chi connectivity index (χ4v) is 0.795. The molecular formula is C6H5ClN2O2. The van der Waals surface area contributed by atoms with Crippen LogP contribution in [0.1, 0.15) is 5.69 Å². The van der Waals surface area contributed by atoms with Crippen molar-refractivity contribution in [3.05, 3.63) is 39.3 Å². The SMILES string of the molecule is O=[N+]([O-])/C=C/c1ccc(Cl)[nH]1. The van der Waals surface area contributed by atoms with Crippen molar-refractivity contribution in [1.29, 1.82) is 0 Å². The average Bonchev–Trinajstić information content (AvgIpc) is 2.31. The van der Waals surface area contributed by atoms with Crippen LogP contribution in [-0.4, -0.2) is 9.91 Å². The number of aromatic amines is 1. The van der Waals surface area contributed by atoms with Crippen LogP contribution in [0.15, 0.2) is 18.3 Å². The van der Waals surface area contributed by atoms with E-state index in [1.807, 2.05) is 0 Å². The highest BCUT2D eigenvalue weighted by atomic mass is 35.5. The van der Waals surface area contributed by atoms with Crippen molar-refractivity contribution in [3.63, 3.8) is 0 Å². The molecule has 58 valence electrons. The van der Waals surface area contributed by atoms with Crippen molar-refractivity contribution in [1.82, 2.24) is 4.98 Å². The molecule has 0 saturated heterocycles. The summed E-state index contributed by atoms with van der Waals surface area (Å²) in [6.45, 7) is 0. The highest BCUT2D eigenvalue weighted by molar-refractivity contribution is 6.29. The van der Waals surface area contributed by atoms with Gasteiger partial charge in [0.15, 0.2) is 0 Å². The molecule has 0 saturated carbocycles. The van der Waals surface area contributed by atoms with Gasteiger partial charge in [0.1, 0.15) is 5.15 Å². The zero-order valence-electron chi connectivity index (χ0n) is 5.45. The third-order valence-corrected chi connectivity index (χ3v) is 1.27. The molecule has 0 aromatic carbocycles.